The van der Waals surface area contributed by atoms with E-state index in [0.717, 1.165) is 17.7 Å². The van der Waals surface area contributed by atoms with Gasteiger partial charge in [0, 0.05) is 5.56 Å². The third kappa shape index (κ3) is 4.09. The normalized spacial score (nSPS) is 21.1. The molecule has 120 valence electrons. The molecule has 3 rings (SSSR count). The van der Waals surface area contributed by atoms with Gasteiger partial charge in [0.2, 0.25) is 5.78 Å². The molecule has 1 aliphatic heterocycles. The number of hydrogen-bond acceptors (Lipinski definition) is 2. The second kappa shape index (κ2) is 7.57. The van der Waals surface area contributed by atoms with Crippen LogP contribution in [-0.2, 0) is 16.1 Å². The topological polar surface area (TPSA) is 30.7 Å². The zero-order chi connectivity index (χ0) is 16.8. The molecule has 0 unspecified atom stereocenters. The molecule has 0 saturated carbocycles. The summed E-state index contributed by atoms with van der Waals surface area (Å²) in [6.45, 7) is 0.937. The van der Waals surface area contributed by atoms with E-state index >= 15 is 0 Å². The maximum absolute atomic E-state index is 11.5. The molecular weight excluding hydrogens is 298 g/mol. The van der Waals surface area contributed by atoms with Crippen LogP contribution in [-0.4, -0.2) is 12.9 Å². The summed E-state index contributed by atoms with van der Waals surface area (Å²) in [5.74, 6) is 0.273. The highest BCUT2D eigenvalue weighted by Gasteiger charge is 2.11. The van der Waals surface area contributed by atoms with Crippen LogP contribution in [0.1, 0.15) is 5.56 Å². The van der Waals surface area contributed by atoms with Crippen molar-refractivity contribution in [3.05, 3.63) is 108 Å². The van der Waals surface area contributed by atoms with Gasteiger partial charge in [0.25, 0.3) is 0 Å². The number of quaternary nitrogens is 1. The molecule has 2 aliphatic rings. The van der Waals surface area contributed by atoms with Crippen molar-refractivity contribution in [2.75, 3.05) is 7.11 Å². The molecule has 0 fully saturated rings. The highest BCUT2D eigenvalue weighted by Crippen LogP contribution is 2.14. The fourth-order valence-electron chi connectivity index (χ4n) is 2.56. The molecule has 0 atom stereocenters. The predicted octanol–water partition coefficient (Wildman–Crippen LogP) is 2.63. The number of ether oxygens (including phenoxy) is 1. The number of hydrogen-bond donors (Lipinski definition) is 1. The minimum atomic E-state index is -0.0973. The Kier molecular flexibility index (Phi) is 5.04. The van der Waals surface area contributed by atoms with Gasteiger partial charge < -0.3 is 4.74 Å². The van der Waals surface area contributed by atoms with Crippen molar-refractivity contribution < 1.29 is 14.4 Å². The molecule has 3 heteroatoms. The van der Waals surface area contributed by atoms with Gasteiger partial charge in [-0.15, -0.1) is 0 Å². The lowest BCUT2D eigenvalue weighted by atomic mass is 10.1. The molecule has 0 radical (unpaired) electrons. The average Bonchev–Trinajstić information content (AvgIpc) is 2.63. The predicted molar refractivity (Wildman–Crippen MR) is 94.8 cm³/mol. The van der Waals surface area contributed by atoms with Crippen LogP contribution in [0.3, 0.4) is 0 Å². The Labute approximate surface area is 142 Å². The summed E-state index contributed by atoms with van der Waals surface area (Å²) < 4.78 is 5.06. The monoisotopic (exact) mass is 318 g/mol. The Hall–Kier alpha value is -2.91. The Morgan fingerprint density at radius 1 is 0.958 bits per heavy atom. The number of nitrogens with one attached hydrogen (secondary N) is 1. The van der Waals surface area contributed by atoms with Gasteiger partial charge in [0.05, 0.1) is 19.5 Å². The lowest BCUT2D eigenvalue weighted by molar-refractivity contribution is -0.806. The first-order chi connectivity index (χ1) is 11.7. The molecule has 1 aromatic carbocycles. The quantitative estimate of drug-likeness (QED) is 0.925. The fraction of sp³-hybridized carbons (Fsp3) is 0.0952. The third-order valence-corrected chi connectivity index (χ3v) is 3.89. The molecule has 0 saturated heterocycles. The number of allylic oxidation sites excluding steroid dienone is 9. The fourth-order valence-corrected chi connectivity index (χ4v) is 2.56. The van der Waals surface area contributed by atoms with Crippen LogP contribution in [0.25, 0.3) is 0 Å². The van der Waals surface area contributed by atoms with E-state index in [4.69, 9.17) is 4.74 Å². The molecular formula is C21H20NO2+. The zero-order valence-corrected chi connectivity index (χ0v) is 13.6. The summed E-state index contributed by atoms with van der Waals surface area (Å²) in [5.41, 5.74) is 3.38. The van der Waals surface area contributed by atoms with E-state index in [-0.39, 0.29) is 5.78 Å². The van der Waals surface area contributed by atoms with E-state index in [1.54, 1.807) is 12.2 Å². The largest absolute Gasteiger partial charge is 0.493 e. The summed E-state index contributed by atoms with van der Waals surface area (Å²) in [6.07, 6.45) is 17.6. The van der Waals surface area contributed by atoms with E-state index < -0.39 is 0 Å². The highest BCUT2D eigenvalue weighted by molar-refractivity contribution is 6.04. The van der Waals surface area contributed by atoms with Crippen LogP contribution in [0, 0.1) is 0 Å². The Morgan fingerprint density at radius 3 is 2.38 bits per heavy atom. The Bertz CT molecular complexity index is 776. The van der Waals surface area contributed by atoms with Gasteiger partial charge in [0.1, 0.15) is 6.54 Å². The summed E-state index contributed by atoms with van der Waals surface area (Å²) >= 11 is 0. The molecule has 24 heavy (non-hydrogen) atoms. The van der Waals surface area contributed by atoms with Crippen molar-refractivity contribution in [1.82, 2.24) is 0 Å². The highest BCUT2D eigenvalue weighted by atomic mass is 16.5. The summed E-state index contributed by atoms with van der Waals surface area (Å²) in [4.78, 5) is 12.8. The Morgan fingerprint density at radius 2 is 1.67 bits per heavy atom. The molecule has 1 aromatic rings. The maximum atomic E-state index is 11.5. The molecule has 0 bridgehead atoms. The summed E-state index contributed by atoms with van der Waals surface area (Å²) in [6, 6.07) is 10.4. The van der Waals surface area contributed by atoms with Crippen molar-refractivity contribution in [3.63, 3.8) is 0 Å². The third-order valence-electron chi connectivity index (χ3n) is 3.89. The van der Waals surface area contributed by atoms with Crippen LogP contribution >= 0.6 is 0 Å². The SMILES string of the molecule is COC1=CC(=CC=C2C=C[NH+](Cc3ccccc3)C=C2)C=CC1=O. The van der Waals surface area contributed by atoms with Crippen LogP contribution in [0.15, 0.2) is 102 Å². The van der Waals surface area contributed by atoms with E-state index in [2.05, 4.69) is 48.8 Å². The van der Waals surface area contributed by atoms with E-state index in [1.807, 2.05) is 18.2 Å². The first-order valence-electron chi connectivity index (χ1n) is 7.90. The van der Waals surface area contributed by atoms with Crippen molar-refractivity contribution in [3.8, 4) is 0 Å². The molecule has 0 amide bonds. The van der Waals surface area contributed by atoms with Gasteiger partial charge in [-0.25, -0.2) is 0 Å². The smallest absolute Gasteiger partial charge is 0.220 e. The first kappa shape index (κ1) is 16.0. The second-order valence-electron chi connectivity index (χ2n) is 5.65. The lowest BCUT2D eigenvalue weighted by Gasteiger charge is -2.13. The Balaban J connectivity index is 1.65. The minimum absolute atomic E-state index is 0.0973. The van der Waals surface area contributed by atoms with Crippen LogP contribution in [0.4, 0.5) is 0 Å². The number of ketones is 1. The average molecular weight is 318 g/mol. The van der Waals surface area contributed by atoms with Crippen molar-refractivity contribution in [2.24, 2.45) is 0 Å². The number of rotatable bonds is 4. The van der Waals surface area contributed by atoms with E-state index in [9.17, 15) is 4.79 Å². The molecule has 0 spiro atoms. The van der Waals surface area contributed by atoms with Crippen LogP contribution in [0.2, 0.25) is 0 Å². The van der Waals surface area contributed by atoms with Crippen LogP contribution in [0.5, 0.6) is 0 Å². The first-order valence-corrected chi connectivity index (χ1v) is 7.90. The molecule has 1 heterocycles. The summed E-state index contributed by atoms with van der Waals surface area (Å²) in [7, 11) is 1.51. The summed E-state index contributed by atoms with van der Waals surface area (Å²) in [5, 5.41) is 0. The zero-order valence-electron chi connectivity index (χ0n) is 13.6. The number of methoxy groups -OCH3 is 1. The second-order valence-corrected chi connectivity index (χ2v) is 5.65. The number of carbonyl (C=O) groups excluding carboxylic acids is 1. The van der Waals surface area contributed by atoms with Gasteiger partial charge in [-0.2, -0.15) is 0 Å². The molecule has 3 nitrogen and oxygen atoms in total. The van der Waals surface area contributed by atoms with Crippen molar-refractivity contribution in [2.45, 2.75) is 6.54 Å². The van der Waals surface area contributed by atoms with Gasteiger partial charge >= 0.3 is 0 Å². The molecule has 1 N–H and O–H groups in total. The van der Waals surface area contributed by atoms with Gasteiger partial charge in [0.15, 0.2) is 5.76 Å². The van der Waals surface area contributed by atoms with Crippen molar-refractivity contribution >= 4 is 5.78 Å². The van der Waals surface area contributed by atoms with Crippen LogP contribution < -0.4 is 4.90 Å². The number of carbonyl (C=O) groups is 1. The standard InChI is InChI=1S/C21H19NO2/c1-24-21-15-18(9-10-20(21)23)8-7-17-11-13-22(14-12-17)16-19-5-3-2-4-6-19/h2-15H,16H2,1H3/p+1. The molecule has 0 aromatic heterocycles. The number of benzene rings is 1. The molecule has 1 aliphatic carbocycles. The van der Waals surface area contributed by atoms with Crippen molar-refractivity contribution in [1.29, 1.82) is 0 Å². The van der Waals surface area contributed by atoms with E-state index in [1.165, 1.54) is 23.6 Å². The van der Waals surface area contributed by atoms with E-state index in [0.29, 0.717) is 5.76 Å². The van der Waals surface area contributed by atoms with Gasteiger partial charge in [-0.3, -0.25) is 9.69 Å². The minimum Gasteiger partial charge on any atom is -0.493 e. The van der Waals surface area contributed by atoms with Gasteiger partial charge in [-0.05, 0) is 35.5 Å². The lowest BCUT2D eigenvalue weighted by Crippen LogP contribution is -3.01. The van der Waals surface area contributed by atoms with Gasteiger partial charge in [-0.1, -0.05) is 48.6 Å². The maximum Gasteiger partial charge on any atom is 0.220 e.